The lowest BCUT2D eigenvalue weighted by atomic mass is 10.1. The Labute approximate surface area is 172 Å². The van der Waals surface area contributed by atoms with Crippen LogP contribution in [-0.2, 0) is 13.1 Å². The van der Waals surface area contributed by atoms with E-state index in [0.29, 0.717) is 34.4 Å². The molecule has 0 bridgehead atoms. The van der Waals surface area contributed by atoms with Crippen LogP contribution in [0.4, 0.5) is 4.39 Å². The van der Waals surface area contributed by atoms with Gasteiger partial charge in [0.25, 0.3) is 11.5 Å². The normalized spacial score (nSPS) is 10.9. The minimum Gasteiger partial charge on any atom is -0.348 e. The molecule has 3 aromatic carbocycles. The van der Waals surface area contributed by atoms with Crippen molar-refractivity contribution in [2.24, 2.45) is 0 Å². The minimum absolute atomic E-state index is 0.0868. The molecule has 4 aromatic rings. The van der Waals surface area contributed by atoms with Crippen molar-refractivity contribution in [3.8, 4) is 0 Å². The van der Waals surface area contributed by atoms with Gasteiger partial charge in [-0.1, -0.05) is 48.5 Å². The van der Waals surface area contributed by atoms with Crippen LogP contribution in [0.2, 0.25) is 0 Å². The van der Waals surface area contributed by atoms with Gasteiger partial charge in [-0.3, -0.25) is 9.59 Å². The number of carbonyl (C=O) groups excluding carboxylic acids is 1. The highest BCUT2D eigenvalue weighted by molar-refractivity contribution is 5.97. The van der Waals surface area contributed by atoms with Gasteiger partial charge >= 0.3 is 0 Å². The number of rotatable bonds is 5. The number of amides is 1. The summed E-state index contributed by atoms with van der Waals surface area (Å²) in [7, 11) is 0. The van der Waals surface area contributed by atoms with Gasteiger partial charge in [0.05, 0.1) is 17.6 Å². The first kappa shape index (κ1) is 19.5. The number of aryl methyl sites for hydroxylation is 1. The molecule has 0 atom stereocenters. The van der Waals surface area contributed by atoms with Gasteiger partial charge in [0.1, 0.15) is 11.5 Å². The molecule has 0 saturated carbocycles. The lowest BCUT2D eigenvalue weighted by Gasteiger charge is -2.12. The van der Waals surface area contributed by atoms with Gasteiger partial charge in [-0.05, 0) is 36.8 Å². The molecule has 0 saturated heterocycles. The molecule has 1 aromatic heterocycles. The van der Waals surface area contributed by atoms with Crippen LogP contribution >= 0.6 is 0 Å². The Hall–Kier alpha value is -3.80. The molecule has 150 valence electrons. The molecular formula is C24H20FN3O2. The number of benzene rings is 3. The second kappa shape index (κ2) is 8.29. The second-order valence-electron chi connectivity index (χ2n) is 7.05. The third-order valence-electron chi connectivity index (χ3n) is 4.95. The summed E-state index contributed by atoms with van der Waals surface area (Å²) >= 11 is 0. The van der Waals surface area contributed by atoms with Crippen molar-refractivity contribution in [3.63, 3.8) is 0 Å². The van der Waals surface area contributed by atoms with Crippen LogP contribution in [-0.4, -0.2) is 15.5 Å². The van der Waals surface area contributed by atoms with Crippen LogP contribution in [0.5, 0.6) is 0 Å². The van der Waals surface area contributed by atoms with Gasteiger partial charge in [-0.15, -0.1) is 0 Å². The molecule has 5 nitrogen and oxygen atoms in total. The smallest absolute Gasteiger partial charge is 0.272 e. The molecule has 0 spiro atoms. The summed E-state index contributed by atoms with van der Waals surface area (Å²) in [5, 5.41) is 2.73. The van der Waals surface area contributed by atoms with Crippen molar-refractivity contribution in [1.29, 1.82) is 0 Å². The third-order valence-corrected chi connectivity index (χ3v) is 4.95. The molecule has 1 N–H and O–H groups in total. The number of aromatic nitrogens is 2. The van der Waals surface area contributed by atoms with Crippen LogP contribution in [0.3, 0.4) is 0 Å². The van der Waals surface area contributed by atoms with Gasteiger partial charge < -0.3 is 9.88 Å². The summed E-state index contributed by atoms with van der Waals surface area (Å²) in [6.07, 6.45) is 0. The van der Waals surface area contributed by atoms with E-state index in [4.69, 9.17) is 0 Å². The van der Waals surface area contributed by atoms with E-state index in [2.05, 4.69) is 10.3 Å². The summed E-state index contributed by atoms with van der Waals surface area (Å²) in [6.45, 7) is 2.16. The predicted octanol–water partition coefficient (Wildman–Crippen LogP) is 3.82. The lowest BCUT2D eigenvalue weighted by molar-refractivity contribution is 0.0950. The Balaban J connectivity index is 1.64. The van der Waals surface area contributed by atoms with Gasteiger partial charge in [0.15, 0.2) is 0 Å². The Morgan fingerprint density at radius 1 is 1.03 bits per heavy atom. The maximum absolute atomic E-state index is 13.8. The summed E-state index contributed by atoms with van der Waals surface area (Å²) < 4.78 is 15.4. The Kier molecular flexibility index (Phi) is 5.39. The van der Waals surface area contributed by atoms with Crippen LogP contribution in [0.1, 0.15) is 27.2 Å². The first-order chi connectivity index (χ1) is 14.5. The molecule has 0 fully saturated rings. The number of hydrogen-bond acceptors (Lipinski definition) is 3. The van der Waals surface area contributed by atoms with E-state index < -0.39 is 0 Å². The number of hydrogen-bond donors (Lipinski definition) is 1. The number of fused-ring (bicyclic) bond motifs is 1. The predicted molar refractivity (Wildman–Crippen MR) is 114 cm³/mol. The molecule has 1 amide bonds. The van der Waals surface area contributed by atoms with Crippen molar-refractivity contribution >= 4 is 16.9 Å². The number of carbonyl (C=O) groups is 1. The molecule has 0 radical (unpaired) electrons. The third kappa shape index (κ3) is 3.98. The van der Waals surface area contributed by atoms with E-state index in [1.54, 1.807) is 47.9 Å². The van der Waals surface area contributed by atoms with Crippen LogP contribution in [0.25, 0.3) is 11.0 Å². The van der Waals surface area contributed by atoms with Crippen molar-refractivity contribution in [3.05, 3.63) is 111 Å². The lowest BCUT2D eigenvalue weighted by Crippen LogP contribution is -2.26. The molecule has 4 rings (SSSR count). The molecule has 6 heteroatoms. The highest BCUT2D eigenvalue weighted by atomic mass is 19.1. The number of nitrogens with zero attached hydrogens (tertiary/aromatic N) is 2. The Bertz CT molecular complexity index is 1280. The summed E-state index contributed by atoms with van der Waals surface area (Å²) in [5.74, 6) is -0.695. The van der Waals surface area contributed by atoms with Crippen LogP contribution in [0, 0.1) is 12.7 Å². The molecular weight excluding hydrogens is 381 g/mol. The number of halogens is 1. The molecule has 1 heterocycles. The van der Waals surface area contributed by atoms with E-state index >= 15 is 0 Å². The van der Waals surface area contributed by atoms with Crippen molar-refractivity contribution in [2.45, 2.75) is 20.0 Å². The molecule has 0 aliphatic rings. The standard InChI is InChI=1S/C24H20FN3O2/c1-16-24(30)28(15-17-7-3-2-4-8-17)22-12-11-18(13-21(22)27-16)23(29)26-14-19-9-5-6-10-20(19)25/h2-13H,14-15H2,1H3,(H,26,29). The molecule has 0 aliphatic carbocycles. The zero-order valence-corrected chi connectivity index (χ0v) is 16.4. The quantitative estimate of drug-likeness (QED) is 0.553. The van der Waals surface area contributed by atoms with Gasteiger partial charge in [-0.25, -0.2) is 9.37 Å². The van der Waals surface area contributed by atoms with E-state index in [-0.39, 0.29) is 23.8 Å². The second-order valence-corrected chi connectivity index (χ2v) is 7.05. The summed E-state index contributed by atoms with van der Waals surface area (Å²) in [6, 6.07) is 21.0. The molecule has 0 aliphatic heterocycles. The van der Waals surface area contributed by atoms with E-state index in [1.165, 1.54) is 6.07 Å². The SMILES string of the molecule is Cc1nc2cc(C(=O)NCc3ccccc3F)ccc2n(Cc2ccccc2)c1=O. The van der Waals surface area contributed by atoms with Crippen molar-refractivity contribution < 1.29 is 9.18 Å². The fourth-order valence-electron chi connectivity index (χ4n) is 3.36. The Morgan fingerprint density at radius 3 is 2.53 bits per heavy atom. The molecule has 30 heavy (non-hydrogen) atoms. The van der Waals surface area contributed by atoms with E-state index in [0.717, 1.165) is 5.56 Å². The fraction of sp³-hybridized carbons (Fsp3) is 0.125. The van der Waals surface area contributed by atoms with Crippen LogP contribution < -0.4 is 10.9 Å². The topological polar surface area (TPSA) is 64.0 Å². The average Bonchev–Trinajstić information content (AvgIpc) is 2.76. The maximum atomic E-state index is 13.8. The van der Waals surface area contributed by atoms with Crippen LogP contribution in [0.15, 0.2) is 77.6 Å². The maximum Gasteiger partial charge on any atom is 0.272 e. The largest absolute Gasteiger partial charge is 0.348 e. The van der Waals surface area contributed by atoms with Gasteiger partial charge in [-0.2, -0.15) is 0 Å². The summed E-state index contributed by atoms with van der Waals surface area (Å²) in [5.41, 5.74) is 3.22. The minimum atomic E-state index is -0.362. The fourth-order valence-corrected chi connectivity index (χ4v) is 3.36. The molecule has 0 unspecified atom stereocenters. The highest BCUT2D eigenvalue weighted by Crippen LogP contribution is 2.15. The van der Waals surface area contributed by atoms with Gasteiger partial charge in [0, 0.05) is 17.7 Å². The van der Waals surface area contributed by atoms with E-state index in [1.807, 2.05) is 30.3 Å². The monoisotopic (exact) mass is 401 g/mol. The van der Waals surface area contributed by atoms with Crippen molar-refractivity contribution in [1.82, 2.24) is 14.9 Å². The highest BCUT2D eigenvalue weighted by Gasteiger charge is 2.13. The summed E-state index contributed by atoms with van der Waals surface area (Å²) in [4.78, 5) is 29.6. The van der Waals surface area contributed by atoms with Crippen molar-refractivity contribution in [2.75, 3.05) is 0 Å². The first-order valence-electron chi connectivity index (χ1n) is 9.59. The zero-order chi connectivity index (χ0) is 21.1. The Morgan fingerprint density at radius 2 is 1.77 bits per heavy atom. The van der Waals surface area contributed by atoms with Gasteiger partial charge in [0.2, 0.25) is 0 Å². The zero-order valence-electron chi connectivity index (χ0n) is 16.4. The average molecular weight is 401 g/mol. The number of nitrogens with one attached hydrogen (secondary N) is 1. The van der Waals surface area contributed by atoms with E-state index in [9.17, 15) is 14.0 Å². The first-order valence-corrected chi connectivity index (χ1v) is 9.59.